The standard InChI is InChI=1S/C11H12BrFO/c12-5-1-2-10-7-8-6-9(13)3-4-11(8)14-10/h3-4,6,10H,1-2,5,7H2. The highest BCUT2D eigenvalue weighted by Gasteiger charge is 2.22. The maximum atomic E-state index is 12.9. The van der Waals surface area contributed by atoms with Crippen molar-refractivity contribution in [1.29, 1.82) is 0 Å². The van der Waals surface area contributed by atoms with Crippen LogP contribution < -0.4 is 4.74 Å². The Balaban J connectivity index is 2.03. The van der Waals surface area contributed by atoms with Crippen molar-refractivity contribution in [3.05, 3.63) is 29.6 Å². The second kappa shape index (κ2) is 4.30. The summed E-state index contributed by atoms with van der Waals surface area (Å²) >= 11 is 3.39. The highest BCUT2D eigenvalue weighted by atomic mass is 79.9. The van der Waals surface area contributed by atoms with E-state index in [1.807, 2.05) is 0 Å². The van der Waals surface area contributed by atoms with Crippen LogP contribution in [-0.4, -0.2) is 11.4 Å². The fourth-order valence-corrected chi connectivity index (χ4v) is 2.08. The van der Waals surface area contributed by atoms with Gasteiger partial charge in [0, 0.05) is 17.3 Å². The van der Waals surface area contributed by atoms with Gasteiger partial charge in [0.05, 0.1) is 0 Å². The van der Waals surface area contributed by atoms with Crippen LogP contribution in [0.2, 0.25) is 0 Å². The lowest BCUT2D eigenvalue weighted by molar-refractivity contribution is 0.221. The lowest BCUT2D eigenvalue weighted by atomic mass is 10.1. The molecule has 0 aromatic heterocycles. The van der Waals surface area contributed by atoms with Gasteiger partial charge in [0.25, 0.3) is 0 Å². The molecule has 2 rings (SSSR count). The van der Waals surface area contributed by atoms with Gasteiger partial charge in [0.2, 0.25) is 0 Å². The third-order valence-corrected chi connectivity index (χ3v) is 2.98. The first kappa shape index (κ1) is 9.97. The maximum Gasteiger partial charge on any atom is 0.123 e. The van der Waals surface area contributed by atoms with Crippen LogP contribution in [0.25, 0.3) is 0 Å². The molecule has 1 aromatic carbocycles. The molecule has 1 aromatic rings. The van der Waals surface area contributed by atoms with Crippen LogP contribution in [0.3, 0.4) is 0 Å². The first-order valence-corrected chi connectivity index (χ1v) is 5.93. The summed E-state index contributed by atoms with van der Waals surface area (Å²) in [7, 11) is 0. The van der Waals surface area contributed by atoms with Crippen LogP contribution in [0, 0.1) is 5.82 Å². The molecule has 0 saturated carbocycles. The summed E-state index contributed by atoms with van der Waals surface area (Å²) in [5.74, 6) is 0.680. The van der Waals surface area contributed by atoms with E-state index in [-0.39, 0.29) is 11.9 Å². The van der Waals surface area contributed by atoms with Gasteiger partial charge in [-0.15, -0.1) is 0 Å². The Labute approximate surface area is 91.4 Å². The fraction of sp³-hybridized carbons (Fsp3) is 0.455. The van der Waals surface area contributed by atoms with Gasteiger partial charge in [0.15, 0.2) is 0 Å². The molecule has 0 bridgehead atoms. The Kier molecular flexibility index (Phi) is 3.06. The first-order valence-electron chi connectivity index (χ1n) is 4.80. The summed E-state index contributed by atoms with van der Waals surface area (Å²) in [6, 6.07) is 4.74. The molecule has 1 unspecified atom stereocenters. The quantitative estimate of drug-likeness (QED) is 0.757. The monoisotopic (exact) mass is 258 g/mol. The van der Waals surface area contributed by atoms with Gasteiger partial charge in [-0.2, -0.15) is 0 Å². The molecule has 0 saturated heterocycles. The predicted octanol–water partition coefficient (Wildman–Crippen LogP) is 3.30. The topological polar surface area (TPSA) is 9.23 Å². The number of benzene rings is 1. The zero-order valence-electron chi connectivity index (χ0n) is 7.80. The molecule has 0 N–H and O–H groups in total. The number of alkyl halides is 1. The van der Waals surface area contributed by atoms with Crippen LogP contribution in [0.15, 0.2) is 18.2 Å². The second-order valence-corrected chi connectivity index (χ2v) is 4.32. The van der Waals surface area contributed by atoms with Crippen LogP contribution in [-0.2, 0) is 6.42 Å². The molecular weight excluding hydrogens is 247 g/mol. The Hall–Kier alpha value is -0.570. The molecule has 3 heteroatoms. The fourth-order valence-electron chi connectivity index (χ4n) is 1.75. The zero-order valence-corrected chi connectivity index (χ0v) is 9.39. The van der Waals surface area contributed by atoms with Crippen molar-refractivity contribution in [3.63, 3.8) is 0 Å². The number of rotatable bonds is 3. The van der Waals surface area contributed by atoms with Crippen molar-refractivity contribution in [1.82, 2.24) is 0 Å². The minimum Gasteiger partial charge on any atom is -0.490 e. The zero-order chi connectivity index (χ0) is 9.97. The molecule has 1 nitrogen and oxygen atoms in total. The smallest absolute Gasteiger partial charge is 0.123 e. The van der Waals surface area contributed by atoms with Gasteiger partial charge in [-0.25, -0.2) is 4.39 Å². The van der Waals surface area contributed by atoms with Crippen molar-refractivity contribution in [2.24, 2.45) is 0 Å². The predicted molar refractivity (Wildman–Crippen MR) is 57.5 cm³/mol. The average molecular weight is 259 g/mol. The number of halogens is 2. The lowest BCUT2D eigenvalue weighted by Gasteiger charge is -2.08. The van der Waals surface area contributed by atoms with E-state index < -0.39 is 0 Å². The number of hydrogen-bond acceptors (Lipinski definition) is 1. The van der Waals surface area contributed by atoms with Gasteiger partial charge >= 0.3 is 0 Å². The van der Waals surface area contributed by atoms with E-state index in [2.05, 4.69) is 15.9 Å². The van der Waals surface area contributed by atoms with Gasteiger partial charge in [-0.1, -0.05) is 15.9 Å². The third-order valence-electron chi connectivity index (χ3n) is 2.42. The van der Waals surface area contributed by atoms with Gasteiger partial charge < -0.3 is 4.74 Å². The lowest BCUT2D eigenvalue weighted by Crippen LogP contribution is -2.12. The van der Waals surface area contributed by atoms with Crippen molar-refractivity contribution in [3.8, 4) is 5.75 Å². The molecule has 0 fully saturated rings. The Morgan fingerprint density at radius 3 is 3.14 bits per heavy atom. The second-order valence-electron chi connectivity index (χ2n) is 3.53. The van der Waals surface area contributed by atoms with Crippen molar-refractivity contribution >= 4 is 15.9 Å². The summed E-state index contributed by atoms with van der Waals surface area (Å²) in [5.41, 5.74) is 1.00. The number of ether oxygens (including phenoxy) is 1. The molecule has 1 aliphatic rings. The van der Waals surface area contributed by atoms with Crippen LogP contribution in [0.4, 0.5) is 4.39 Å². The Morgan fingerprint density at radius 2 is 2.36 bits per heavy atom. The molecule has 0 radical (unpaired) electrons. The van der Waals surface area contributed by atoms with Crippen molar-refractivity contribution in [2.45, 2.75) is 25.4 Å². The molecular formula is C11H12BrFO. The van der Waals surface area contributed by atoms with E-state index >= 15 is 0 Å². The summed E-state index contributed by atoms with van der Waals surface area (Å²) in [6.45, 7) is 0. The summed E-state index contributed by atoms with van der Waals surface area (Å²) in [6.07, 6.45) is 3.22. The summed E-state index contributed by atoms with van der Waals surface area (Å²) < 4.78 is 18.6. The highest BCUT2D eigenvalue weighted by molar-refractivity contribution is 9.09. The molecule has 76 valence electrons. The SMILES string of the molecule is Fc1ccc2c(c1)CC(CCCBr)O2. The van der Waals surface area contributed by atoms with Gasteiger partial charge in [-0.05, 0) is 31.0 Å². The van der Waals surface area contributed by atoms with E-state index in [1.165, 1.54) is 6.07 Å². The minimum atomic E-state index is -0.173. The van der Waals surface area contributed by atoms with E-state index in [1.54, 1.807) is 12.1 Å². The van der Waals surface area contributed by atoms with E-state index in [9.17, 15) is 4.39 Å². The average Bonchev–Trinajstić information content (AvgIpc) is 2.56. The van der Waals surface area contributed by atoms with Crippen LogP contribution in [0.1, 0.15) is 18.4 Å². The molecule has 0 amide bonds. The molecule has 1 atom stereocenters. The van der Waals surface area contributed by atoms with Crippen LogP contribution >= 0.6 is 15.9 Å². The first-order chi connectivity index (χ1) is 6.79. The normalized spacial score (nSPS) is 19.1. The third kappa shape index (κ3) is 2.08. The largest absolute Gasteiger partial charge is 0.490 e. The van der Waals surface area contributed by atoms with Crippen molar-refractivity contribution < 1.29 is 9.13 Å². The molecule has 1 heterocycles. The van der Waals surface area contributed by atoms with Crippen molar-refractivity contribution in [2.75, 3.05) is 5.33 Å². The van der Waals surface area contributed by atoms with Crippen LogP contribution in [0.5, 0.6) is 5.75 Å². The molecule has 0 spiro atoms. The maximum absolute atomic E-state index is 12.9. The summed E-state index contributed by atoms with van der Waals surface area (Å²) in [4.78, 5) is 0. The minimum absolute atomic E-state index is 0.173. The Bertz CT molecular complexity index is 327. The number of fused-ring (bicyclic) bond motifs is 1. The van der Waals surface area contributed by atoms with E-state index in [4.69, 9.17) is 4.74 Å². The van der Waals surface area contributed by atoms with E-state index in [0.717, 1.165) is 35.9 Å². The molecule has 1 aliphatic heterocycles. The van der Waals surface area contributed by atoms with E-state index in [0.29, 0.717) is 0 Å². The van der Waals surface area contributed by atoms with Gasteiger partial charge in [0.1, 0.15) is 17.7 Å². The number of hydrogen-bond donors (Lipinski definition) is 0. The highest BCUT2D eigenvalue weighted by Crippen LogP contribution is 2.30. The van der Waals surface area contributed by atoms with Gasteiger partial charge in [-0.3, -0.25) is 0 Å². The Morgan fingerprint density at radius 1 is 1.50 bits per heavy atom. The molecule has 0 aliphatic carbocycles. The summed E-state index contributed by atoms with van der Waals surface area (Å²) in [5, 5.41) is 0.998. The molecule has 14 heavy (non-hydrogen) atoms.